The molecule has 10 heteroatoms. The fraction of sp³-hybridized carbons (Fsp3) is 0.409. The minimum Gasteiger partial charge on any atom is -0.462 e. The molecular formula is C22H27N3O6S. The number of aromatic nitrogens is 1. The number of ether oxygens (including phenoxy) is 2. The van der Waals surface area contributed by atoms with Gasteiger partial charge < -0.3 is 14.8 Å². The van der Waals surface area contributed by atoms with Gasteiger partial charge in [0, 0.05) is 18.8 Å². The van der Waals surface area contributed by atoms with Gasteiger partial charge in [0.1, 0.15) is 5.69 Å². The summed E-state index contributed by atoms with van der Waals surface area (Å²) in [4.78, 5) is 28.7. The molecule has 32 heavy (non-hydrogen) atoms. The molecule has 1 N–H and O–H groups in total. The lowest BCUT2D eigenvalue weighted by Gasteiger charge is -2.34. The van der Waals surface area contributed by atoms with Crippen molar-refractivity contribution in [3.63, 3.8) is 0 Å². The second-order valence-electron chi connectivity index (χ2n) is 7.61. The van der Waals surface area contributed by atoms with Crippen molar-refractivity contribution < 1.29 is 27.5 Å². The molecule has 0 bridgehead atoms. The number of carbonyl (C=O) groups excluding carboxylic acids is 2. The second-order valence-corrected chi connectivity index (χ2v) is 9.55. The molecule has 0 radical (unpaired) electrons. The summed E-state index contributed by atoms with van der Waals surface area (Å²) in [7, 11) is -3.66. The fourth-order valence-electron chi connectivity index (χ4n) is 3.49. The number of rotatable bonds is 6. The van der Waals surface area contributed by atoms with E-state index in [-0.39, 0.29) is 42.5 Å². The van der Waals surface area contributed by atoms with Crippen molar-refractivity contribution in [2.75, 3.05) is 25.0 Å². The zero-order chi connectivity index (χ0) is 23.5. The standard InChI is InChI=1S/C22H27N3O6S/c1-5-30-22(27)19-10-11-20(23-16(19)4)21(26)24-17-6-8-18(9-7-17)32(28,29)25-12-14(2)31-15(3)13-25/h6-11,14-15H,5,12-13H2,1-4H3,(H,24,26). The number of pyridine rings is 1. The Kier molecular flexibility index (Phi) is 7.27. The molecule has 1 fully saturated rings. The van der Waals surface area contributed by atoms with Crippen molar-refractivity contribution in [2.45, 2.75) is 44.8 Å². The molecule has 1 aliphatic rings. The van der Waals surface area contributed by atoms with Crippen LogP contribution in [-0.4, -0.2) is 61.5 Å². The first-order valence-corrected chi connectivity index (χ1v) is 11.8. The maximum absolute atomic E-state index is 12.9. The van der Waals surface area contributed by atoms with Crippen molar-refractivity contribution in [2.24, 2.45) is 0 Å². The Morgan fingerprint density at radius 1 is 1.12 bits per heavy atom. The van der Waals surface area contributed by atoms with Crippen LogP contribution in [0.5, 0.6) is 0 Å². The minimum absolute atomic E-state index is 0.128. The van der Waals surface area contributed by atoms with Crippen LogP contribution in [0.2, 0.25) is 0 Å². The minimum atomic E-state index is -3.66. The highest BCUT2D eigenvalue weighted by Crippen LogP contribution is 2.23. The summed E-state index contributed by atoms with van der Waals surface area (Å²) in [5.74, 6) is -0.972. The van der Waals surface area contributed by atoms with E-state index in [1.165, 1.54) is 40.7 Å². The lowest BCUT2D eigenvalue weighted by Crippen LogP contribution is -2.48. The third-order valence-corrected chi connectivity index (χ3v) is 6.80. The number of carbonyl (C=O) groups is 2. The summed E-state index contributed by atoms with van der Waals surface area (Å²) in [5.41, 5.74) is 1.23. The first-order chi connectivity index (χ1) is 15.1. The Labute approximate surface area is 187 Å². The largest absolute Gasteiger partial charge is 0.462 e. The van der Waals surface area contributed by atoms with Gasteiger partial charge in [0.25, 0.3) is 5.91 Å². The Balaban J connectivity index is 1.71. The lowest BCUT2D eigenvalue weighted by atomic mass is 10.2. The quantitative estimate of drug-likeness (QED) is 0.658. The number of amides is 1. The topological polar surface area (TPSA) is 115 Å². The molecule has 2 aromatic rings. The van der Waals surface area contributed by atoms with Crippen molar-refractivity contribution >= 4 is 27.6 Å². The van der Waals surface area contributed by atoms with E-state index in [2.05, 4.69) is 10.3 Å². The van der Waals surface area contributed by atoms with Gasteiger partial charge in [-0.05, 0) is 64.1 Å². The van der Waals surface area contributed by atoms with E-state index in [4.69, 9.17) is 9.47 Å². The second kappa shape index (κ2) is 9.76. The Morgan fingerprint density at radius 3 is 2.31 bits per heavy atom. The number of anilines is 1. The highest BCUT2D eigenvalue weighted by atomic mass is 32.2. The number of hydrogen-bond acceptors (Lipinski definition) is 7. The number of nitrogens with one attached hydrogen (secondary N) is 1. The Bertz CT molecular complexity index is 1090. The molecule has 172 valence electrons. The zero-order valence-corrected chi connectivity index (χ0v) is 19.3. The maximum atomic E-state index is 12.9. The average Bonchev–Trinajstić information content (AvgIpc) is 2.73. The summed E-state index contributed by atoms with van der Waals surface area (Å²) in [5, 5.41) is 2.69. The molecule has 1 aromatic carbocycles. The van der Waals surface area contributed by atoms with Crippen molar-refractivity contribution in [3.05, 3.63) is 53.3 Å². The van der Waals surface area contributed by atoms with Crippen LogP contribution in [0.15, 0.2) is 41.3 Å². The average molecular weight is 462 g/mol. The van der Waals surface area contributed by atoms with Gasteiger partial charge in [-0.2, -0.15) is 4.31 Å². The van der Waals surface area contributed by atoms with Crippen LogP contribution in [-0.2, 0) is 19.5 Å². The number of benzene rings is 1. The smallest absolute Gasteiger partial charge is 0.339 e. The van der Waals surface area contributed by atoms with Gasteiger partial charge in [-0.1, -0.05) is 0 Å². The molecule has 2 unspecified atom stereocenters. The van der Waals surface area contributed by atoms with Gasteiger partial charge in [0.05, 0.1) is 35.0 Å². The van der Waals surface area contributed by atoms with Crippen LogP contribution in [0, 0.1) is 6.92 Å². The van der Waals surface area contributed by atoms with Crippen LogP contribution in [0.4, 0.5) is 5.69 Å². The normalized spacial score (nSPS) is 19.4. The molecule has 3 rings (SSSR count). The van der Waals surface area contributed by atoms with E-state index in [1.807, 2.05) is 13.8 Å². The van der Waals surface area contributed by atoms with Gasteiger partial charge in [0.15, 0.2) is 0 Å². The fourth-order valence-corrected chi connectivity index (χ4v) is 5.08. The molecule has 2 heterocycles. The van der Waals surface area contributed by atoms with Crippen LogP contribution >= 0.6 is 0 Å². The van der Waals surface area contributed by atoms with Crippen molar-refractivity contribution in [3.8, 4) is 0 Å². The first-order valence-electron chi connectivity index (χ1n) is 10.3. The van der Waals surface area contributed by atoms with Crippen molar-refractivity contribution in [1.29, 1.82) is 0 Å². The van der Waals surface area contributed by atoms with Crippen LogP contribution in [0.1, 0.15) is 47.3 Å². The van der Waals surface area contributed by atoms with E-state index in [0.717, 1.165) is 0 Å². The highest BCUT2D eigenvalue weighted by Gasteiger charge is 2.32. The molecule has 0 spiro atoms. The van der Waals surface area contributed by atoms with E-state index in [0.29, 0.717) is 16.9 Å². The summed E-state index contributed by atoms with van der Waals surface area (Å²) < 4.78 is 37.9. The molecule has 1 aromatic heterocycles. The number of esters is 1. The number of morpholine rings is 1. The van der Waals surface area contributed by atoms with Gasteiger partial charge >= 0.3 is 5.97 Å². The number of hydrogen-bond donors (Lipinski definition) is 1. The zero-order valence-electron chi connectivity index (χ0n) is 18.5. The molecule has 0 saturated carbocycles. The number of sulfonamides is 1. The van der Waals surface area contributed by atoms with Crippen LogP contribution in [0.3, 0.4) is 0 Å². The van der Waals surface area contributed by atoms with Gasteiger partial charge in [0.2, 0.25) is 10.0 Å². The maximum Gasteiger partial charge on any atom is 0.339 e. The third-order valence-electron chi connectivity index (χ3n) is 4.95. The highest BCUT2D eigenvalue weighted by molar-refractivity contribution is 7.89. The summed E-state index contributed by atoms with van der Waals surface area (Å²) in [6, 6.07) is 8.90. The number of nitrogens with zero attached hydrogens (tertiary/aromatic N) is 2. The Morgan fingerprint density at radius 2 is 1.75 bits per heavy atom. The van der Waals surface area contributed by atoms with E-state index in [9.17, 15) is 18.0 Å². The van der Waals surface area contributed by atoms with Gasteiger partial charge in [-0.25, -0.2) is 18.2 Å². The molecule has 1 saturated heterocycles. The summed E-state index contributed by atoms with van der Waals surface area (Å²) in [6.07, 6.45) is -0.364. The predicted molar refractivity (Wildman–Crippen MR) is 118 cm³/mol. The van der Waals surface area contributed by atoms with E-state index in [1.54, 1.807) is 13.8 Å². The molecule has 9 nitrogen and oxygen atoms in total. The molecule has 1 aliphatic heterocycles. The monoisotopic (exact) mass is 461 g/mol. The molecule has 2 atom stereocenters. The SMILES string of the molecule is CCOC(=O)c1ccc(C(=O)Nc2ccc(S(=O)(=O)N3CC(C)OC(C)C3)cc2)nc1C. The molecule has 0 aliphatic carbocycles. The third kappa shape index (κ3) is 5.32. The summed E-state index contributed by atoms with van der Waals surface area (Å²) >= 11 is 0. The molecular weight excluding hydrogens is 434 g/mol. The van der Waals surface area contributed by atoms with Crippen LogP contribution < -0.4 is 5.32 Å². The predicted octanol–water partition coefficient (Wildman–Crippen LogP) is 2.62. The summed E-state index contributed by atoms with van der Waals surface area (Å²) in [6.45, 7) is 7.83. The number of aryl methyl sites for hydroxylation is 1. The van der Waals surface area contributed by atoms with Crippen LogP contribution in [0.25, 0.3) is 0 Å². The molecule has 1 amide bonds. The van der Waals surface area contributed by atoms with E-state index >= 15 is 0 Å². The lowest BCUT2D eigenvalue weighted by molar-refractivity contribution is -0.0440. The Hall–Kier alpha value is -2.82. The van der Waals surface area contributed by atoms with E-state index < -0.39 is 21.9 Å². The first kappa shape index (κ1) is 23.8. The van der Waals surface area contributed by atoms with Gasteiger partial charge in [-0.3, -0.25) is 4.79 Å². The van der Waals surface area contributed by atoms with Gasteiger partial charge in [-0.15, -0.1) is 0 Å². The van der Waals surface area contributed by atoms with Crippen molar-refractivity contribution in [1.82, 2.24) is 9.29 Å².